The molecule has 0 bridgehead atoms. The SMILES string of the molecule is CN(CC(C)(C)CN)C(=O)C1(c2cccc(C(F)(F)F)c2)CC1. The van der Waals surface area contributed by atoms with Crippen LogP contribution in [-0.2, 0) is 16.4 Å². The molecule has 6 heteroatoms. The molecular formula is C17H23F3N2O. The van der Waals surface area contributed by atoms with Crippen LogP contribution < -0.4 is 5.73 Å². The molecule has 0 aliphatic heterocycles. The third kappa shape index (κ3) is 3.68. The van der Waals surface area contributed by atoms with E-state index in [4.69, 9.17) is 5.73 Å². The van der Waals surface area contributed by atoms with Gasteiger partial charge in [-0.05, 0) is 36.4 Å². The highest BCUT2D eigenvalue weighted by molar-refractivity contribution is 5.91. The zero-order valence-electron chi connectivity index (χ0n) is 13.7. The van der Waals surface area contributed by atoms with Crippen LogP contribution in [-0.4, -0.2) is 30.9 Å². The summed E-state index contributed by atoms with van der Waals surface area (Å²) in [6.07, 6.45) is -3.23. The van der Waals surface area contributed by atoms with Crippen molar-refractivity contribution in [3.63, 3.8) is 0 Å². The summed E-state index contributed by atoms with van der Waals surface area (Å²) in [5.41, 5.74) is 4.41. The van der Waals surface area contributed by atoms with Crippen molar-refractivity contribution in [1.82, 2.24) is 4.90 Å². The zero-order valence-corrected chi connectivity index (χ0v) is 13.7. The van der Waals surface area contributed by atoms with E-state index in [1.165, 1.54) is 6.07 Å². The number of carbonyl (C=O) groups excluding carboxylic acids is 1. The first-order valence-electron chi connectivity index (χ1n) is 7.65. The van der Waals surface area contributed by atoms with E-state index in [-0.39, 0.29) is 11.3 Å². The number of halogens is 3. The van der Waals surface area contributed by atoms with E-state index < -0.39 is 17.2 Å². The Hall–Kier alpha value is -1.56. The highest BCUT2D eigenvalue weighted by Gasteiger charge is 2.53. The summed E-state index contributed by atoms with van der Waals surface area (Å²) < 4.78 is 38.7. The summed E-state index contributed by atoms with van der Waals surface area (Å²) in [4.78, 5) is 14.4. The minimum Gasteiger partial charge on any atom is -0.344 e. The number of rotatable bonds is 5. The number of amides is 1. The number of alkyl halides is 3. The molecule has 0 radical (unpaired) electrons. The molecule has 1 fully saturated rings. The molecule has 128 valence electrons. The Morgan fingerprint density at radius 3 is 2.39 bits per heavy atom. The topological polar surface area (TPSA) is 46.3 Å². The number of nitrogens with two attached hydrogens (primary N) is 1. The van der Waals surface area contributed by atoms with Crippen molar-refractivity contribution in [2.75, 3.05) is 20.1 Å². The monoisotopic (exact) mass is 328 g/mol. The summed E-state index contributed by atoms with van der Waals surface area (Å²) in [7, 11) is 1.69. The average Bonchev–Trinajstić information content (AvgIpc) is 3.27. The number of nitrogens with zero attached hydrogens (tertiary/aromatic N) is 1. The molecular weight excluding hydrogens is 305 g/mol. The smallest absolute Gasteiger partial charge is 0.344 e. The molecule has 1 aliphatic rings. The van der Waals surface area contributed by atoms with Crippen LogP contribution in [0.5, 0.6) is 0 Å². The molecule has 2 N–H and O–H groups in total. The molecule has 1 aliphatic carbocycles. The number of hydrogen-bond acceptors (Lipinski definition) is 2. The fourth-order valence-corrected chi connectivity index (χ4v) is 2.89. The third-order valence-corrected chi connectivity index (χ3v) is 4.47. The first kappa shape index (κ1) is 17.8. The lowest BCUT2D eigenvalue weighted by atomic mass is 9.90. The van der Waals surface area contributed by atoms with Gasteiger partial charge < -0.3 is 10.6 Å². The van der Waals surface area contributed by atoms with Crippen LogP contribution in [0.2, 0.25) is 0 Å². The Morgan fingerprint density at radius 2 is 1.91 bits per heavy atom. The molecule has 1 aromatic carbocycles. The highest BCUT2D eigenvalue weighted by Crippen LogP contribution is 2.50. The summed E-state index contributed by atoms with van der Waals surface area (Å²) >= 11 is 0. The van der Waals surface area contributed by atoms with Crippen molar-refractivity contribution in [3.8, 4) is 0 Å². The maximum Gasteiger partial charge on any atom is 0.416 e. The molecule has 0 saturated heterocycles. The Balaban J connectivity index is 2.24. The quantitative estimate of drug-likeness (QED) is 0.902. The number of hydrogen-bond donors (Lipinski definition) is 1. The van der Waals surface area contributed by atoms with Gasteiger partial charge in [0.2, 0.25) is 5.91 Å². The van der Waals surface area contributed by atoms with E-state index in [2.05, 4.69) is 0 Å². The highest BCUT2D eigenvalue weighted by atomic mass is 19.4. The predicted molar refractivity (Wildman–Crippen MR) is 82.8 cm³/mol. The van der Waals surface area contributed by atoms with E-state index >= 15 is 0 Å². The molecule has 1 amide bonds. The first-order valence-corrected chi connectivity index (χ1v) is 7.65. The predicted octanol–water partition coefficient (Wildman–Crippen LogP) is 3.18. The van der Waals surface area contributed by atoms with Crippen molar-refractivity contribution in [1.29, 1.82) is 0 Å². The molecule has 2 rings (SSSR count). The third-order valence-electron chi connectivity index (χ3n) is 4.47. The lowest BCUT2D eigenvalue weighted by molar-refractivity contribution is -0.138. The Kier molecular flexibility index (Phi) is 4.50. The van der Waals surface area contributed by atoms with E-state index in [1.807, 2.05) is 13.8 Å². The maximum atomic E-state index is 12.9. The first-order chi connectivity index (χ1) is 10.5. The number of likely N-dealkylation sites (N-methyl/N-ethyl adjacent to an activating group) is 1. The lowest BCUT2D eigenvalue weighted by Crippen LogP contribution is -2.44. The van der Waals surface area contributed by atoms with Gasteiger partial charge in [0.1, 0.15) is 0 Å². The van der Waals surface area contributed by atoms with E-state index in [9.17, 15) is 18.0 Å². The fourth-order valence-electron chi connectivity index (χ4n) is 2.89. The largest absolute Gasteiger partial charge is 0.416 e. The molecule has 0 aromatic heterocycles. The van der Waals surface area contributed by atoms with Gasteiger partial charge in [0.05, 0.1) is 11.0 Å². The summed E-state index contributed by atoms with van der Waals surface area (Å²) in [5.74, 6) is -0.127. The van der Waals surface area contributed by atoms with Gasteiger partial charge in [0.15, 0.2) is 0 Å². The van der Waals surface area contributed by atoms with Crippen molar-refractivity contribution < 1.29 is 18.0 Å². The number of carbonyl (C=O) groups is 1. The minimum absolute atomic E-state index is 0.127. The van der Waals surface area contributed by atoms with Crippen molar-refractivity contribution in [3.05, 3.63) is 35.4 Å². The standard InChI is InChI=1S/C17H23F3N2O/c1-15(2,10-21)11-22(3)14(23)16(7-8-16)12-5-4-6-13(9-12)17(18,19)20/h4-6,9H,7-8,10-11,21H2,1-3H3. The second-order valence-corrected chi connectivity index (χ2v) is 7.19. The van der Waals surface area contributed by atoms with Crippen LogP contribution in [0.15, 0.2) is 24.3 Å². The second-order valence-electron chi connectivity index (χ2n) is 7.19. The molecule has 0 spiro atoms. The van der Waals surface area contributed by atoms with Gasteiger partial charge in [-0.25, -0.2) is 0 Å². The van der Waals surface area contributed by atoms with Crippen LogP contribution >= 0.6 is 0 Å². The Morgan fingerprint density at radius 1 is 1.30 bits per heavy atom. The van der Waals surface area contributed by atoms with Gasteiger partial charge in [0.25, 0.3) is 0 Å². The van der Waals surface area contributed by atoms with E-state index in [1.54, 1.807) is 18.0 Å². The van der Waals surface area contributed by atoms with Gasteiger partial charge in [-0.1, -0.05) is 32.0 Å². The zero-order chi connectivity index (χ0) is 17.5. The van der Waals surface area contributed by atoms with Crippen LogP contribution in [0.3, 0.4) is 0 Å². The van der Waals surface area contributed by atoms with E-state index in [0.29, 0.717) is 31.5 Å². The van der Waals surface area contributed by atoms with Gasteiger partial charge in [-0.15, -0.1) is 0 Å². The van der Waals surface area contributed by atoms with Gasteiger partial charge in [0, 0.05) is 13.6 Å². The van der Waals surface area contributed by atoms with Crippen molar-refractivity contribution >= 4 is 5.91 Å². The fraction of sp³-hybridized carbons (Fsp3) is 0.588. The van der Waals surface area contributed by atoms with E-state index in [0.717, 1.165) is 12.1 Å². The molecule has 0 heterocycles. The van der Waals surface area contributed by atoms with Gasteiger partial charge in [-0.2, -0.15) is 13.2 Å². The van der Waals surface area contributed by atoms with Gasteiger partial charge >= 0.3 is 6.18 Å². The average molecular weight is 328 g/mol. The van der Waals surface area contributed by atoms with Crippen molar-refractivity contribution in [2.45, 2.75) is 38.3 Å². The minimum atomic E-state index is -4.40. The van der Waals surface area contributed by atoms with Crippen LogP contribution in [0.1, 0.15) is 37.8 Å². The van der Waals surface area contributed by atoms with Crippen LogP contribution in [0, 0.1) is 5.41 Å². The molecule has 23 heavy (non-hydrogen) atoms. The second kappa shape index (κ2) is 5.82. The normalized spacial score (nSPS) is 17.0. The molecule has 1 aromatic rings. The van der Waals surface area contributed by atoms with Crippen LogP contribution in [0.25, 0.3) is 0 Å². The molecule has 0 unspecified atom stereocenters. The maximum absolute atomic E-state index is 12.9. The van der Waals surface area contributed by atoms with Crippen molar-refractivity contribution in [2.24, 2.45) is 11.1 Å². The summed E-state index contributed by atoms with van der Waals surface area (Å²) in [6, 6.07) is 5.12. The molecule has 1 saturated carbocycles. The summed E-state index contributed by atoms with van der Waals surface area (Å²) in [5, 5.41) is 0. The lowest BCUT2D eigenvalue weighted by Gasteiger charge is -2.31. The molecule has 0 atom stereocenters. The summed E-state index contributed by atoms with van der Waals surface area (Å²) in [6.45, 7) is 4.82. The van der Waals surface area contributed by atoms with Crippen LogP contribution in [0.4, 0.5) is 13.2 Å². The Bertz CT molecular complexity index is 592. The Labute approximate surface area is 134 Å². The molecule has 3 nitrogen and oxygen atoms in total. The van der Waals surface area contributed by atoms with Gasteiger partial charge in [-0.3, -0.25) is 4.79 Å². The number of benzene rings is 1.